The number of carbonyl (C=O) groups is 1. The van der Waals surface area contributed by atoms with E-state index >= 15 is 0 Å². The van der Waals surface area contributed by atoms with Gasteiger partial charge in [-0.05, 0) is 29.3 Å². The minimum absolute atomic E-state index is 0.133. The zero-order chi connectivity index (χ0) is 14.4. The number of hydrogen-bond donors (Lipinski definition) is 0. The largest absolute Gasteiger partial charge is 0.298 e. The first kappa shape index (κ1) is 15.1. The maximum absolute atomic E-state index is 12.8. The lowest BCUT2D eigenvalue weighted by Gasteiger charge is -2.04. The minimum atomic E-state index is -0.283. The van der Waals surface area contributed by atoms with Crippen LogP contribution in [-0.2, 0) is 17.0 Å². The van der Waals surface area contributed by atoms with E-state index in [1.54, 1.807) is 23.9 Å². The molecule has 0 unspecified atom stereocenters. The highest BCUT2D eigenvalue weighted by molar-refractivity contribution is 7.99. The lowest BCUT2D eigenvalue weighted by atomic mass is 10.1. The number of hydrogen-bond acceptors (Lipinski definition) is 2. The minimum Gasteiger partial charge on any atom is -0.298 e. The monoisotopic (exact) mass is 308 g/mol. The van der Waals surface area contributed by atoms with E-state index in [4.69, 9.17) is 11.6 Å². The average Bonchev–Trinajstić information content (AvgIpc) is 2.43. The van der Waals surface area contributed by atoms with Crippen molar-refractivity contribution in [2.24, 2.45) is 0 Å². The summed E-state index contributed by atoms with van der Waals surface area (Å²) >= 11 is 7.59. The molecule has 0 radical (unpaired) electrons. The quantitative estimate of drug-likeness (QED) is 0.780. The van der Waals surface area contributed by atoms with Gasteiger partial charge >= 0.3 is 0 Å². The van der Waals surface area contributed by atoms with Gasteiger partial charge < -0.3 is 0 Å². The molecule has 0 aliphatic rings. The van der Waals surface area contributed by atoms with Crippen LogP contribution in [0.1, 0.15) is 11.1 Å². The number of carbonyl (C=O) groups excluding carboxylic acids is 1. The second-order valence-electron chi connectivity index (χ2n) is 4.43. The second-order valence-corrected chi connectivity index (χ2v) is 5.82. The number of ketones is 1. The molecule has 104 valence electrons. The molecule has 2 rings (SSSR count). The number of benzene rings is 2. The molecular formula is C16H14ClFOS. The highest BCUT2D eigenvalue weighted by Crippen LogP contribution is 2.20. The summed E-state index contributed by atoms with van der Waals surface area (Å²) in [5.74, 6) is 1.00. The van der Waals surface area contributed by atoms with Crippen LogP contribution in [0.3, 0.4) is 0 Å². The molecule has 0 aliphatic carbocycles. The molecule has 0 heterocycles. The molecule has 0 aromatic heterocycles. The Balaban J connectivity index is 1.78. The van der Waals surface area contributed by atoms with Crippen molar-refractivity contribution in [3.63, 3.8) is 0 Å². The van der Waals surface area contributed by atoms with E-state index < -0.39 is 0 Å². The van der Waals surface area contributed by atoms with E-state index in [1.165, 1.54) is 12.1 Å². The zero-order valence-electron chi connectivity index (χ0n) is 10.8. The van der Waals surface area contributed by atoms with Crippen molar-refractivity contribution in [3.05, 3.63) is 70.5 Å². The topological polar surface area (TPSA) is 17.1 Å². The third-order valence-electron chi connectivity index (χ3n) is 2.79. The molecule has 0 atom stereocenters. The molecule has 0 saturated carbocycles. The van der Waals surface area contributed by atoms with E-state index in [9.17, 15) is 9.18 Å². The molecular weight excluding hydrogens is 295 g/mol. The van der Waals surface area contributed by atoms with Gasteiger partial charge in [-0.1, -0.05) is 41.9 Å². The molecule has 20 heavy (non-hydrogen) atoms. The van der Waals surface area contributed by atoms with E-state index in [2.05, 4.69) is 0 Å². The first-order chi connectivity index (χ1) is 9.65. The van der Waals surface area contributed by atoms with Crippen LogP contribution < -0.4 is 0 Å². The number of halogens is 2. The summed E-state index contributed by atoms with van der Waals surface area (Å²) in [6, 6.07) is 13.7. The van der Waals surface area contributed by atoms with E-state index in [1.807, 2.05) is 24.3 Å². The van der Waals surface area contributed by atoms with Crippen molar-refractivity contribution in [1.82, 2.24) is 0 Å². The molecule has 0 N–H and O–H groups in total. The Morgan fingerprint density at radius 2 is 1.80 bits per heavy atom. The Hall–Kier alpha value is -1.32. The highest BCUT2D eigenvalue weighted by atomic mass is 35.5. The fourth-order valence-electron chi connectivity index (χ4n) is 1.77. The normalized spacial score (nSPS) is 10.5. The van der Waals surface area contributed by atoms with Crippen LogP contribution in [0.2, 0.25) is 5.02 Å². The molecule has 2 aromatic carbocycles. The van der Waals surface area contributed by atoms with E-state index in [0.717, 1.165) is 21.9 Å². The summed E-state index contributed by atoms with van der Waals surface area (Å²) < 4.78 is 12.8. The summed E-state index contributed by atoms with van der Waals surface area (Å²) in [6.45, 7) is 0. The smallest absolute Gasteiger partial charge is 0.147 e. The average molecular weight is 309 g/mol. The Kier molecular flexibility index (Phi) is 5.62. The highest BCUT2D eigenvalue weighted by Gasteiger charge is 2.06. The molecule has 2 aromatic rings. The Morgan fingerprint density at radius 1 is 1.10 bits per heavy atom. The van der Waals surface area contributed by atoms with Gasteiger partial charge in [0, 0.05) is 17.2 Å². The molecule has 1 nitrogen and oxygen atoms in total. The second kappa shape index (κ2) is 7.46. The van der Waals surface area contributed by atoms with Crippen molar-refractivity contribution in [2.45, 2.75) is 12.2 Å². The molecule has 0 aliphatic heterocycles. The summed E-state index contributed by atoms with van der Waals surface area (Å²) in [5.41, 5.74) is 1.88. The molecule has 0 spiro atoms. The number of rotatable bonds is 6. The van der Waals surface area contributed by atoms with Gasteiger partial charge in [0.2, 0.25) is 0 Å². The Labute approximate surface area is 127 Å². The molecule has 0 saturated heterocycles. The number of thioether (sulfide) groups is 1. The summed E-state index contributed by atoms with van der Waals surface area (Å²) in [5, 5.41) is 0.728. The molecule has 4 heteroatoms. The number of Topliss-reactive ketones (excluding diaryl/α,β-unsaturated/α-hetero) is 1. The van der Waals surface area contributed by atoms with Gasteiger partial charge in [0.25, 0.3) is 0 Å². The van der Waals surface area contributed by atoms with Crippen LogP contribution in [0.4, 0.5) is 4.39 Å². The van der Waals surface area contributed by atoms with Crippen molar-refractivity contribution in [3.8, 4) is 0 Å². The van der Waals surface area contributed by atoms with Gasteiger partial charge in [0.15, 0.2) is 0 Å². The predicted molar refractivity (Wildman–Crippen MR) is 82.7 cm³/mol. The summed E-state index contributed by atoms with van der Waals surface area (Å²) in [4.78, 5) is 11.8. The van der Waals surface area contributed by atoms with Gasteiger partial charge in [-0.3, -0.25) is 4.79 Å². The predicted octanol–water partition coefficient (Wildman–Crippen LogP) is 4.52. The van der Waals surface area contributed by atoms with Gasteiger partial charge in [-0.25, -0.2) is 4.39 Å². The SMILES string of the molecule is O=C(CSCc1ccccc1Cl)Cc1ccc(F)cc1. The van der Waals surface area contributed by atoms with Crippen LogP contribution in [0.15, 0.2) is 48.5 Å². The maximum Gasteiger partial charge on any atom is 0.147 e. The lowest BCUT2D eigenvalue weighted by Crippen LogP contribution is -2.06. The van der Waals surface area contributed by atoms with Crippen molar-refractivity contribution >= 4 is 29.1 Å². The van der Waals surface area contributed by atoms with Crippen LogP contribution in [0.5, 0.6) is 0 Å². The van der Waals surface area contributed by atoms with Gasteiger partial charge in [0.1, 0.15) is 11.6 Å². The van der Waals surface area contributed by atoms with E-state index in [-0.39, 0.29) is 11.6 Å². The lowest BCUT2D eigenvalue weighted by molar-refractivity contribution is -0.116. The Morgan fingerprint density at radius 3 is 2.50 bits per heavy atom. The fraction of sp³-hybridized carbons (Fsp3) is 0.188. The first-order valence-electron chi connectivity index (χ1n) is 6.22. The summed E-state index contributed by atoms with van der Waals surface area (Å²) in [6.07, 6.45) is 0.343. The third kappa shape index (κ3) is 4.66. The van der Waals surface area contributed by atoms with Crippen molar-refractivity contribution in [1.29, 1.82) is 0 Å². The molecule has 0 fully saturated rings. The van der Waals surface area contributed by atoms with Gasteiger partial charge in [-0.15, -0.1) is 11.8 Å². The van der Waals surface area contributed by atoms with Crippen LogP contribution in [-0.4, -0.2) is 11.5 Å². The van der Waals surface area contributed by atoms with Gasteiger partial charge in [0.05, 0.1) is 5.75 Å². The van der Waals surface area contributed by atoms with Crippen LogP contribution >= 0.6 is 23.4 Å². The third-order valence-corrected chi connectivity index (χ3v) is 4.20. The van der Waals surface area contributed by atoms with Crippen molar-refractivity contribution < 1.29 is 9.18 Å². The fourth-order valence-corrected chi connectivity index (χ4v) is 2.96. The van der Waals surface area contributed by atoms with Gasteiger partial charge in [-0.2, -0.15) is 0 Å². The van der Waals surface area contributed by atoms with Crippen LogP contribution in [0.25, 0.3) is 0 Å². The standard InChI is InChI=1S/C16H14ClFOS/c17-16-4-2-1-3-13(16)10-20-11-15(19)9-12-5-7-14(18)8-6-12/h1-8H,9-11H2. The molecule has 0 bridgehead atoms. The Bertz CT molecular complexity index is 583. The van der Waals surface area contributed by atoms with Crippen molar-refractivity contribution in [2.75, 3.05) is 5.75 Å². The summed E-state index contributed by atoms with van der Waals surface area (Å²) in [7, 11) is 0. The molecule has 0 amide bonds. The zero-order valence-corrected chi connectivity index (χ0v) is 12.4. The van der Waals surface area contributed by atoms with E-state index in [0.29, 0.717) is 12.2 Å². The van der Waals surface area contributed by atoms with Crippen LogP contribution in [0, 0.1) is 5.82 Å². The maximum atomic E-state index is 12.8. The first-order valence-corrected chi connectivity index (χ1v) is 7.76.